The molecule has 5 nitrogen and oxygen atoms in total. The summed E-state index contributed by atoms with van der Waals surface area (Å²) >= 11 is 18.1. The van der Waals surface area contributed by atoms with Gasteiger partial charge in [0.2, 0.25) is 0 Å². The first-order valence-electron chi connectivity index (χ1n) is 6.14. The molecule has 1 N–H and O–H groups in total. The minimum absolute atomic E-state index is 0.274. The maximum absolute atomic E-state index is 11.7. The van der Waals surface area contributed by atoms with Crippen LogP contribution in [-0.4, -0.2) is 23.8 Å². The number of nitrogens with one attached hydrogen (secondary N) is 1. The molecule has 23 heavy (non-hydrogen) atoms. The van der Waals surface area contributed by atoms with E-state index in [1.807, 2.05) is 0 Å². The highest BCUT2D eigenvalue weighted by atomic mass is 35.5. The highest BCUT2D eigenvalue weighted by molar-refractivity contribution is 7.12. The molecule has 0 unspecified atom stereocenters. The predicted octanol–water partition coefficient (Wildman–Crippen LogP) is 4.72. The highest BCUT2D eigenvalue weighted by Crippen LogP contribution is 2.36. The largest absolute Gasteiger partial charge is 0.465 e. The summed E-state index contributed by atoms with van der Waals surface area (Å²) in [5.74, 6) is -0.566. The van der Waals surface area contributed by atoms with Crippen molar-refractivity contribution in [1.29, 1.82) is 0 Å². The van der Waals surface area contributed by atoms with Crippen LogP contribution in [0.25, 0.3) is 0 Å². The van der Waals surface area contributed by atoms with Gasteiger partial charge in [-0.25, -0.2) is 4.79 Å². The van der Waals surface area contributed by atoms with Gasteiger partial charge in [-0.2, -0.15) is 0 Å². The molecular weight excluding hydrogens is 385 g/mol. The number of halogens is 3. The van der Waals surface area contributed by atoms with Crippen molar-refractivity contribution in [3.05, 3.63) is 39.5 Å². The number of methoxy groups -OCH3 is 1. The van der Waals surface area contributed by atoms with E-state index < -0.39 is 16.7 Å². The molecule has 122 valence electrons. The van der Waals surface area contributed by atoms with Gasteiger partial charge in [0, 0.05) is 5.02 Å². The quantitative estimate of drug-likeness (QED) is 0.588. The molecule has 0 radical (unpaired) electrons. The average Bonchev–Trinajstić information content (AvgIpc) is 2.97. The number of alkyl halides is 2. The molecule has 1 amide bonds. The number of anilines is 1. The molecule has 0 fully saturated rings. The lowest BCUT2D eigenvalue weighted by molar-refractivity contribution is -0.114. The standard InChI is InChI=1S/C14H10Cl3NO4S/c1-21-14(20)11-10(4-5-23-11)22-9-3-2-7(15)6-8(9)18-13(19)12(16)17/h2-6,12H,1H3,(H,18,19). The van der Waals surface area contributed by atoms with Crippen LogP contribution in [0.4, 0.5) is 5.69 Å². The number of carbonyl (C=O) groups is 2. The van der Waals surface area contributed by atoms with E-state index >= 15 is 0 Å². The molecule has 0 bridgehead atoms. The maximum atomic E-state index is 11.7. The summed E-state index contributed by atoms with van der Waals surface area (Å²) in [6, 6.07) is 6.22. The zero-order chi connectivity index (χ0) is 17.0. The lowest BCUT2D eigenvalue weighted by Gasteiger charge is -2.13. The van der Waals surface area contributed by atoms with Crippen LogP contribution in [0.15, 0.2) is 29.6 Å². The average molecular weight is 395 g/mol. The predicted molar refractivity (Wildman–Crippen MR) is 91.3 cm³/mol. The third-order valence-corrected chi connectivity index (χ3v) is 4.12. The van der Waals surface area contributed by atoms with Crippen LogP contribution in [0.1, 0.15) is 9.67 Å². The van der Waals surface area contributed by atoms with E-state index in [4.69, 9.17) is 39.5 Å². The molecule has 1 heterocycles. The first-order valence-corrected chi connectivity index (χ1v) is 8.27. The van der Waals surface area contributed by atoms with Crippen LogP contribution in [0.5, 0.6) is 11.5 Å². The summed E-state index contributed by atoms with van der Waals surface area (Å²) < 4.78 is 10.4. The number of hydrogen-bond acceptors (Lipinski definition) is 5. The molecule has 9 heteroatoms. The molecule has 0 atom stereocenters. The van der Waals surface area contributed by atoms with Crippen LogP contribution in [-0.2, 0) is 9.53 Å². The lowest BCUT2D eigenvalue weighted by atomic mass is 10.3. The van der Waals surface area contributed by atoms with Gasteiger partial charge in [-0.3, -0.25) is 4.79 Å². The van der Waals surface area contributed by atoms with Gasteiger partial charge >= 0.3 is 5.97 Å². The summed E-state index contributed by atoms with van der Waals surface area (Å²) in [4.78, 5) is 22.4. The van der Waals surface area contributed by atoms with Gasteiger partial charge in [-0.1, -0.05) is 34.8 Å². The smallest absolute Gasteiger partial charge is 0.351 e. The third-order valence-electron chi connectivity index (χ3n) is 2.62. The molecule has 0 saturated carbocycles. The fraction of sp³-hybridized carbons (Fsp3) is 0.143. The van der Waals surface area contributed by atoms with E-state index in [-0.39, 0.29) is 11.4 Å². The van der Waals surface area contributed by atoms with E-state index in [1.165, 1.54) is 24.5 Å². The fourth-order valence-corrected chi connectivity index (χ4v) is 2.63. The molecule has 0 aliphatic heterocycles. The Morgan fingerprint density at radius 2 is 1.96 bits per heavy atom. The van der Waals surface area contributed by atoms with Crippen molar-refractivity contribution in [3.63, 3.8) is 0 Å². The normalized spacial score (nSPS) is 10.5. The van der Waals surface area contributed by atoms with Crippen molar-refractivity contribution in [1.82, 2.24) is 0 Å². The number of thiophene rings is 1. The zero-order valence-electron chi connectivity index (χ0n) is 11.6. The fourth-order valence-electron chi connectivity index (χ4n) is 1.61. The summed E-state index contributed by atoms with van der Waals surface area (Å²) in [7, 11) is 1.28. The Hall–Kier alpha value is -1.47. The molecular formula is C14H10Cl3NO4S. The van der Waals surface area contributed by atoms with Crippen LogP contribution in [0, 0.1) is 0 Å². The molecule has 0 aliphatic rings. The van der Waals surface area contributed by atoms with Gasteiger partial charge in [0.25, 0.3) is 5.91 Å². The molecule has 0 aliphatic carbocycles. The van der Waals surface area contributed by atoms with Crippen molar-refractivity contribution in [2.45, 2.75) is 4.84 Å². The van der Waals surface area contributed by atoms with Crippen LogP contribution >= 0.6 is 46.1 Å². The number of amides is 1. The number of hydrogen-bond donors (Lipinski definition) is 1. The first-order chi connectivity index (χ1) is 10.9. The van der Waals surface area contributed by atoms with E-state index in [2.05, 4.69) is 10.1 Å². The Bertz CT molecular complexity index is 733. The number of carbonyl (C=O) groups excluding carboxylic acids is 2. The molecule has 1 aromatic heterocycles. The Kier molecular flexibility index (Phi) is 6.12. The molecule has 2 aromatic rings. The minimum atomic E-state index is -1.24. The van der Waals surface area contributed by atoms with Crippen LogP contribution in [0.2, 0.25) is 5.02 Å². The first kappa shape index (κ1) is 17.9. The van der Waals surface area contributed by atoms with Gasteiger partial charge in [0.15, 0.2) is 21.2 Å². The number of benzene rings is 1. The van der Waals surface area contributed by atoms with E-state index in [0.717, 1.165) is 0 Å². The van der Waals surface area contributed by atoms with Gasteiger partial charge < -0.3 is 14.8 Å². The number of ether oxygens (including phenoxy) is 2. The van der Waals surface area contributed by atoms with Gasteiger partial charge in [0.05, 0.1) is 12.8 Å². The minimum Gasteiger partial charge on any atom is -0.465 e. The van der Waals surface area contributed by atoms with E-state index in [1.54, 1.807) is 23.6 Å². The topological polar surface area (TPSA) is 64.6 Å². The summed E-state index contributed by atoms with van der Waals surface area (Å²) in [5.41, 5.74) is 0.274. The maximum Gasteiger partial charge on any atom is 0.351 e. The molecule has 0 saturated heterocycles. The second-order valence-corrected chi connectivity index (χ2v) is 6.59. The summed E-state index contributed by atoms with van der Waals surface area (Å²) in [6.07, 6.45) is 0. The van der Waals surface area contributed by atoms with Crippen molar-refractivity contribution in [2.75, 3.05) is 12.4 Å². The van der Waals surface area contributed by atoms with E-state index in [0.29, 0.717) is 15.6 Å². The Morgan fingerprint density at radius 1 is 1.22 bits per heavy atom. The lowest BCUT2D eigenvalue weighted by Crippen LogP contribution is -2.19. The van der Waals surface area contributed by atoms with E-state index in [9.17, 15) is 9.59 Å². The zero-order valence-corrected chi connectivity index (χ0v) is 14.7. The summed E-state index contributed by atoms with van der Waals surface area (Å²) in [5, 5.41) is 4.57. The Morgan fingerprint density at radius 3 is 2.61 bits per heavy atom. The molecule has 1 aromatic carbocycles. The number of rotatable bonds is 5. The van der Waals surface area contributed by atoms with Gasteiger partial charge in [-0.05, 0) is 29.6 Å². The second-order valence-electron chi connectivity index (χ2n) is 4.14. The third kappa shape index (κ3) is 4.51. The van der Waals surface area contributed by atoms with Crippen molar-refractivity contribution < 1.29 is 19.1 Å². The van der Waals surface area contributed by atoms with Gasteiger partial charge in [0.1, 0.15) is 0 Å². The van der Waals surface area contributed by atoms with Gasteiger partial charge in [-0.15, -0.1) is 11.3 Å². The van der Waals surface area contributed by atoms with Crippen molar-refractivity contribution >= 4 is 63.7 Å². The second kappa shape index (κ2) is 7.88. The SMILES string of the molecule is COC(=O)c1sccc1Oc1ccc(Cl)cc1NC(=O)C(Cl)Cl. The summed E-state index contributed by atoms with van der Waals surface area (Å²) in [6.45, 7) is 0. The Balaban J connectivity index is 2.31. The number of esters is 1. The highest BCUT2D eigenvalue weighted by Gasteiger charge is 2.19. The van der Waals surface area contributed by atoms with Crippen molar-refractivity contribution in [2.24, 2.45) is 0 Å². The Labute approximate surface area is 151 Å². The molecule has 0 spiro atoms. The monoisotopic (exact) mass is 393 g/mol. The van der Waals surface area contributed by atoms with Crippen molar-refractivity contribution in [3.8, 4) is 11.5 Å². The van der Waals surface area contributed by atoms with Crippen LogP contribution in [0.3, 0.4) is 0 Å². The van der Waals surface area contributed by atoms with Crippen LogP contribution < -0.4 is 10.1 Å². The molecule has 2 rings (SSSR count).